The zero-order valence-corrected chi connectivity index (χ0v) is 14.9. The lowest BCUT2D eigenvalue weighted by Crippen LogP contribution is -2.47. The maximum absolute atomic E-state index is 12.9. The van der Waals surface area contributed by atoms with E-state index in [0.717, 1.165) is 55.2 Å². The normalized spacial score (nSPS) is 24.6. The smallest absolute Gasteiger partial charge is 0.227 e. The maximum atomic E-state index is 12.9. The van der Waals surface area contributed by atoms with Crippen LogP contribution in [0.5, 0.6) is 0 Å². The van der Waals surface area contributed by atoms with Gasteiger partial charge in [-0.3, -0.25) is 9.69 Å². The molecule has 0 aromatic carbocycles. The van der Waals surface area contributed by atoms with Crippen LogP contribution in [0.4, 0.5) is 0 Å². The van der Waals surface area contributed by atoms with E-state index in [0.29, 0.717) is 6.54 Å². The van der Waals surface area contributed by atoms with Crippen LogP contribution in [-0.2, 0) is 17.9 Å². The van der Waals surface area contributed by atoms with Crippen molar-refractivity contribution in [2.24, 2.45) is 5.92 Å². The number of aryl methyl sites for hydroxylation is 2. The zero-order valence-electron chi connectivity index (χ0n) is 14.1. The summed E-state index contributed by atoms with van der Waals surface area (Å²) in [5, 5.41) is 6.12. The van der Waals surface area contributed by atoms with Crippen molar-refractivity contribution >= 4 is 17.2 Å². The molecule has 3 fully saturated rings. The average Bonchev–Trinajstić information content (AvgIpc) is 3.08. The molecule has 2 aromatic heterocycles. The summed E-state index contributed by atoms with van der Waals surface area (Å²) >= 11 is 1.63. The van der Waals surface area contributed by atoms with Crippen LogP contribution in [0.15, 0.2) is 15.4 Å². The second-order valence-electron chi connectivity index (χ2n) is 6.87. The summed E-state index contributed by atoms with van der Waals surface area (Å²) < 4.78 is 5.27. The Morgan fingerprint density at radius 1 is 1.29 bits per heavy atom. The molecule has 2 bridgehead atoms. The zero-order chi connectivity index (χ0) is 16.7. The SMILES string of the molecule is Cc1noc(C)c1CN1C(=O)[C@H]2CC[C@@H]1CN(Cc1cscn1)C2. The highest BCUT2D eigenvalue weighted by Gasteiger charge is 2.41. The summed E-state index contributed by atoms with van der Waals surface area (Å²) in [6.45, 7) is 7.08. The van der Waals surface area contributed by atoms with Crippen molar-refractivity contribution in [3.05, 3.63) is 33.6 Å². The average molecular weight is 346 g/mol. The van der Waals surface area contributed by atoms with E-state index in [1.807, 2.05) is 19.4 Å². The van der Waals surface area contributed by atoms with Gasteiger partial charge in [-0.2, -0.15) is 0 Å². The van der Waals surface area contributed by atoms with E-state index >= 15 is 0 Å². The Balaban J connectivity index is 1.53. The molecule has 0 aliphatic carbocycles. The lowest BCUT2D eigenvalue weighted by atomic mass is 9.93. The van der Waals surface area contributed by atoms with Crippen molar-refractivity contribution in [1.29, 1.82) is 0 Å². The molecule has 5 heterocycles. The monoisotopic (exact) mass is 346 g/mol. The minimum absolute atomic E-state index is 0.0999. The molecule has 2 aromatic rings. The Hall–Kier alpha value is -1.73. The van der Waals surface area contributed by atoms with Crippen molar-refractivity contribution in [1.82, 2.24) is 19.9 Å². The second kappa shape index (κ2) is 6.29. The number of hydrogen-bond donors (Lipinski definition) is 0. The van der Waals surface area contributed by atoms with Gasteiger partial charge in [0.25, 0.3) is 0 Å². The standard InChI is InChI=1S/C17H22N4O2S/c1-11-16(12(2)23-19-11)8-21-15-4-3-13(17(21)22)5-20(7-15)6-14-9-24-10-18-14/h9-10,13,15H,3-8H2,1-2H3/t13-,15+/m0/s1. The van der Waals surface area contributed by atoms with Crippen LogP contribution in [0.3, 0.4) is 0 Å². The van der Waals surface area contributed by atoms with Crippen molar-refractivity contribution in [3.63, 3.8) is 0 Å². The topological polar surface area (TPSA) is 62.5 Å². The van der Waals surface area contributed by atoms with Gasteiger partial charge in [0, 0.05) is 36.6 Å². The van der Waals surface area contributed by atoms with Gasteiger partial charge in [-0.25, -0.2) is 4.98 Å². The highest BCUT2D eigenvalue weighted by molar-refractivity contribution is 7.07. The van der Waals surface area contributed by atoms with E-state index < -0.39 is 0 Å². The number of thiazole rings is 1. The van der Waals surface area contributed by atoms with Crippen LogP contribution >= 0.6 is 11.3 Å². The van der Waals surface area contributed by atoms with Crippen molar-refractivity contribution < 1.29 is 9.32 Å². The third-order valence-corrected chi connectivity index (χ3v) is 5.88. The largest absolute Gasteiger partial charge is 0.361 e. The molecule has 128 valence electrons. The second-order valence-corrected chi connectivity index (χ2v) is 7.59. The van der Waals surface area contributed by atoms with Gasteiger partial charge in [0.15, 0.2) is 0 Å². The first-order valence-corrected chi connectivity index (χ1v) is 9.37. The van der Waals surface area contributed by atoms with Crippen LogP contribution in [-0.4, -0.2) is 45.0 Å². The third-order valence-electron chi connectivity index (χ3n) is 5.25. The fourth-order valence-electron chi connectivity index (χ4n) is 3.91. The van der Waals surface area contributed by atoms with Crippen LogP contribution in [0.25, 0.3) is 0 Å². The molecule has 0 unspecified atom stereocenters. The van der Waals surface area contributed by atoms with Gasteiger partial charge in [0.2, 0.25) is 5.91 Å². The van der Waals surface area contributed by atoms with Gasteiger partial charge in [0.1, 0.15) is 5.76 Å². The number of hydrogen-bond acceptors (Lipinski definition) is 6. The molecule has 1 amide bonds. The predicted molar refractivity (Wildman–Crippen MR) is 90.4 cm³/mol. The first-order valence-electron chi connectivity index (χ1n) is 8.43. The molecular weight excluding hydrogens is 324 g/mol. The lowest BCUT2D eigenvalue weighted by molar-refractivity contribution is -0.140. The number of rotatable bonds is 4. The Morgan fingerprint density at radius 2 is 2.17 bits per heavy atom. The molecule has 0 N–H and O–H groups in total. The summed E-state index contributed by atoms with van der Waals surface area (Å²) in [6.07, 6.45) is 2.07. The Labute approximate surface area is 145 Å². The summed E-state index contributed by atoms with van der Waals surface area (Å²) in [7, 11) is 0. The number of fused-ring (bicyclic) bond motifs is 4. The first-order chi connectivity index (χ1) is 11.6. The number of piperidine rings is 1. The maximum Gasteiger partial charge on any atom is 0.227 e. The van der Waals surface area contributed by atoms with Crippen LogP contribution < -0.4 is 0 Å². The van der Waals surface area contributed by atoms with E-state index in [4.69, 9.17) is 4.52 Å². The molecule has 2 atom stereocenters. The fourth-order valence-corrected chi connectivity index (χ4v) is 4.46. The molecule has 7 heteroatoms. The van der Waals surface area contributed by atoms with Gasteiger partial charge in [-0.15, -0.1) is 11.3 Å². The van der Waals surface area contributed by atoms with Crippen molar-refractivity contribution in [2.75, 3.05) is 13.1 Å². The van der Waals surface area contributed by atoms with Gasteiger partial charge >= 0.3 is 0 Å². The molecule has 0 saturated carbocycles. The van der Waals surface area contributed by atoms with E-state index in [9.17, 15) is 4.79 Å². The Morgan fingerprint density at radius 3 is 2.88 bits per heavy atom. The van der Waals surface area contributed by atoms with Crippen LogP contribution in [0.2, 0.25) is 0 Å². The number of aromatic nitrogens is 2. The number of carbonyl (C=O) groups excluding carboxylic acids is 1. The van der Waals surface area contributed by atoms with Crippen LogP contribution in [0, 0.1) is 19.8 Å². The van der Waals surface area contributed by atoms with Gasteiger partial charge in [-0.05, 0) is 26.7 Å². The molecule has 24 heavy (non-hydrogen) atoms. The molecule has 5 rings (SSSR count). The Bertz CT molecular complexity index is 708. The summed E-state index contributed by atoms with van der Waals surface area (Å²) in [6, 6.07) is 0.267. The van der Waals surface area contributed by atoms with Crippen LogP contribution in [0.1, 0.15) is 35.6 Å². The molecule has 6 nitrogen and oxygen atoms in total. The van der Waals surface area contributed by atoms with E-state index in [1.54, 1.807) is 11.3 Å². The summed E-state index contributed by atoms with van der Waals surface area (Å²) in [4.78, 5) is 21.8. The van der Waals surface area contributed by atoms with Crippen molar-refractivity contribution in [2.45, 2.75) is 45.8 Å². The van der Waals surface area contributed by atoms with E-state index in [-0.39, 0.29) is 17.9 Å². The molecule has 0 radical (unpaired) electrons. The van der Waals surface area contributed by atoms with E-state index in [2.05, 4.69) is 25.3 Å². The Kier molecular flexibility index (Phi) is 4.14. The van der Waals surface area contributed by atoms with Gasteiger partial charge < -0.3 is 9.42 Å². The molecule has 0 spiro atoms. The fraction of sp³-hybridized carbons (Fsp3) is 0.588. The minimum atomic E-state index is 0.0999. The van der Waals surface area contributed by atoms with Crippen molar-refractivity contribution in [3.8, 4) is 0 Å². The summed E-state index contributed by atoms with van der Waals surface area (Å²) in [5.41, 5.74) is 4.92. The highest BCUT2D eigenvalue weighted by atomic mass is 32.1. The molecule has 3 aliphatic heterocycles. The molecule has 3 aliphatic rings. The van der Waals surface area contributed by atoms with Gasteiger partial charge in [-0.1, -0.05) is 5.16 Å². The molecule has 3 saturated heterocycles. The van der Waals surface area contributed by atoms with Gasteiger partial charge in [0.05, 0.1) is 29.4 Å². The molecular formula is C17H22N4O2S. The number of nitrogens with zero attached hydrogens (tertiary/aromatic N) is 4. The minimum Gasteiger partial charge on any atom is -0.361 e. The lowest BCUT2D eigenvalue weighted by Gasteiger charge is -2.36. The number of amides is 1. The third kappa shape index (κ3) is 2.86. The summed E-state index contributed by atoms with van der Waals surface area (Å²) in [5.74, 6) is 1.20. The van der Waals surface area contributed by atoms with E-state index in [1.165, 1.54) is 0 Å². The quantitative estimate of drug-likeness (QED) is 0.850. The highest BCUT2D eigenvalue weighted by Crippen LogP contribution is 2.32. The predicted octanol–water partition coefficient (Wildman–Crippen LogP) is 2.37. The first kappa shape index (κ1) is 15.8. The number of carbonyl (C=O) groups is 1.